The van der Waals surface area contributed by atoms with Crippen molar-refractivity contribution >= 4 is 0 Å². The molecule has 1 aromatic heterocycles. The molecule has 2 aliphatic carbocycles. The minimum Gasteiger partial charge on any atom is -0.339 e. The van der Waals surface area contributed by atoms with E-state index in [1.165, 1.54) is 32.1 Å². The Morgan fingerprint density at radius 2 is 2.11 bits per heavy atom. The maximum Gasteiger partial charge on any atom is 0.226 e. The van der Waals surface area contributed by atoms with Gasteiger partial charge in [0.2, 0.25) is 5.89 Å². The van der Waals surface area contributed by atoms with Crippen molar-refractivity contribution in [3.05, 3.63) is 11.7 Å². The van der Waals surface area contributed by atoms with Crippen molar-refractivity contribution < 1.29 is 4.52 Å². The van der Waals surface area contributed by atoms with Crippen molar-refractivity contribution in [2.24, 2.45) is 11.8 Å². The van der Waals surface area contributed by atoms with Gasteiger partial charge < -0.3 is 9.84 Å². The zero-order valence-electron chi connectivity index (χ0n) is 12.1. The summed E-state index contributed by atoms with van der Waals surface area (Å²) in [5.74, 6) is 3.77. The van der Waals surface area contributed by atoms with Gasteiger partial charge in [-0.1, -0.05) is 31.8 Å². The molecule has 0 amide bonds. The molecule has 4 heteroatoms. The molecule has 19 heavy (non-hydrogen) atoms. The highest BCUT2D eigenvalue weighted by Gasteiger charge is 2.38. The van der Waals surface area contributed by atoms with Crippen LogP contribution >= 0.6 is 0 Å². The van der Waals surface area contributed by atoms with Crippen LogP contribution in [0.3, 0.4) is 0 Å². The summed E-state index contributed by atoms with van der Waals surface area (Å²) >= 11 is 0. The average molecular weight is 263 g/mol. The van der Waals surface area contributed by atoms with Crippen LogP contribution in [0, 0.1) is 11.8 Å². The number of nitrogens with one attached hydrogen (secondary N) is 1. The summed E-state index contributed by atoms with van der Waals surface area (Å²) in [6.45, 7) is 5.49. The smallest absolute Gasteiger partial charge is 0.226 e. The average Bonchev–Trinajstić information content (AvgIpc) is 2.97. The number of hydrogen-bond donors (Lipinski definition) is 1. The lowest BCUT2D eigenvalue weighted by atomic mass is 9.82. The highest BCUT2D eigenvalue weighted by molar-refractivity contribution is 5.07. The third-order valence-corrected chi connectivity index (χ3v) is 4.74. The van der Waals surface area contributed by atoms with Gasteiger partial charge in [-0.15, -0.1) is 0 Å². The number of aromatic nitrogens is 2. The Bertz CT molecular complexity index is 415. The minimum absolute atomic E-state index is 0.563. The van der Waals surface area contributed by atoms with Crippen LogP contribution in [0.5, 0.6) is 0 Å². The van der Waals surface area contributed by atoms with Gasteiger partial charge in [0, 0.05) is 18.4 Å². The molecule has 1 N–H and O–H groups in total. The molecule has 0 bridgehead atoms. The Hall–Kier alpha value is -0.900. The molecule has 2 saturated carbocycles. The van der Waals surface area contributed by atoms with Gasteiger partial charge in [0.15, 0.2) is 5.82 Å². The summed E-state index contributed by atoms with van der Waals surface area (Å²) in [6.07, 6.45) is 7.44. The third-order valence-electron chi connectivity index (χ3n) is 4.74. The van der Waals surface area contributed by atoms with Crippen molar-refractivity contribution in [3.63, 3.8) is 0 Å². The van der Waals surface area contributed by atoms with E-state index in [0.717, 1.165) is 30.6 Å². The lowest BCUT2D eigenvalue weighted by molar-refractivity contribution is 0.242. The predicted molar refractivity (Wildman–Crippen MR) is 73.9 cm³/mol. The first kappa shape index (κ1) is 13.1. The summed E-state index contributed by atoms with van der Waals surface area (Å²) in [7, 11) is 0. The van der Waals surface area contributed by atoms with E-state index in [1.807, 2.05) is 0 Å². The molecule has 106 valence electrons. The highest BCUT2D eigenvalue weighted by atomic mass is 16.5. The van der Waals surface area contributed by atoms with Gasteiger partial charge in [-0.25, -0.2) is 0 Å². The van der Waals surface area contributed by atoms with Gasteiger partial charge in [-0.2, -0.15) is 4.98 Å². The molecule has 0 saturated heterocycles. The lowest BCUT2D eigenvalue weighted by Crippen LogP contribution is -2.39. The first-order valence-corrected chi connectivity index (χ1v) is 7.83. The van der Waals surface area contributed by atoms with E-state index in [0.29, 0.717) is 17.9 Å². The Morgan fingerprint density at radius 1 is 1.32 bits per heavy atom. The summed E-state index contributed by atoms with van der Waals surface area (Å²) in [4.78, 5) is 4.61. The second-order valence-corrected chi connectivity index (χ2v) is 6.28. The summed E-state index contributed by atoms with van der Waals surface area (Å²) in [5, 5.41) is 7.77. The van der Waals surface area contributed by atoms with Crippen molar-refractivity contribution in [1.29, 1.82) is 0 Å². The van der Waals surface area contributed by atoms with Gasteiger partial charge in [-0.3, -0.25) is 0 Å². The van der Waals surface area contributed by atoms with Gasteiger partial charge in [-0.05, 0) is 37.6 Å². The predicted octanol–water partition coefficient (Wildman–Crippen LogP) is 2.90. The Labute approximate surface area is 115 Å². The maximum atomic E-state index is 5.45. The molecule has 4 unspecified atom stereocenters. The molecule has 3 rings (SSSR count). The molecule has 4 nitrogen and oxygen atoms in total. The molecule has 1 heterocycles. The quantitative estimate of drug-likeness (QED) is 0.887. The largest absolute Gasteiger partial charge is 0.339 e. The van der Waals surface area contributed by atoms with Crippen molar-refractivity contribution in [2.45, 2.75) is 64.3 Å². The topological polar surface area (TPSA) is 51.0 Å². The van der Waals surface area contributed by atoms with E-state index in [-0.39, 0.29) is 0 Å². The fourth-order valence-corrected chi connectivity index (χ4v) is 3.39. The molecule has 4 atom stereocenters. The molecule has 2 aliphatic rings. The van der Waals surface area contributed by atoms with Crippen molar-refractivity contribution in [3.8, 4) is 0 Å². The SMILES string of the molecule is CCNC1CCCCC1Cc1nc(C2CC2C)no1. The molecule has 0 radical (unpaired) electrons. The summed E-state index contributed by atoms with van der Waals surface area (Å²) in [6, 6.07) is 0.633. The van der Waals surface area contributed by atoms with Crippen LogP contribution in [0.15, 0.2) is 4.52 Å². The lowest BCUT2D eigenvalue weighted by Gasteiger charge is -2.31. The minimum atomic E-state index is 0.563. The van der Waals surface area contributed by atoms with E-state index >= 15 is 0 Å². The van der Waals surface area contributed by atoms with Crippen LogP contribution in [-0.4, -0.2) is 22.7 Å². The van der Waals surface area contributed by atoms with Crippen LogP contribution in [0.1, 0.15) is 63.6 Å². The van der Waals surface area contributed by atoms with E-state index in [9.17, 15) is 0 Å². The van der Waals surface area contributed by atoms with Crippen molar-refractivity contribution in [2.75, 3.05) is 6.54 Å². The first-order valence-electron chi connectivity index (χ1n) is 7.83. The van der Waals surface area contributed by atoms with Gasteiger partial charge in [0.1, 0.15) is 0 Å². The van der Waals surface area contributed by atoms with E-state index in [2.05, 4.69) is 29.3 Å². The second-order valence-electron chi connectivity index (χ2n) is 6.28. The van der Waals surface area contributed by atoms with Crippen LogP contribution in [0.2, 0.25) is 0 Å². The van der Waals surface area contributed by atoms with E-state index < -0.39 is 0 Å². The van der Waals surface area contributed by atoms with Crippen molar-refractivity contribution in [1.82, 2.24) is 15.5 Å². The molecule has 0 spiro atoms. The standard InChI is InChI=1S/C15H25N3O/c1-3-16-13-7-5-4-6-11(13)9-14-17-15(18-19-14)12-8-10(12)2/h10-13,16H,3-9H2,1-2H3. The molecular formula is C15H25N3O. The Morgan fingerprint density at radius 3 is 2.84 bits per heavy atom. The number of hydrogen-bond acceptors (Lipinski definition) is 4. The zero-order chi connectivity index (χ0) is 13.2. The highest BCUT2D eigenvalue weighted by Crippen LogP contribution is 2.45. The normalized spacial score (nSPS) is 34.4. The monoisotopic (exact) mass is 263 g/mol. The number of nitrogens with zero attached hydrogens (tertiary/aromatic N) is 2. The summed E-state index contributed by atoms with van der Waals surface area (Å²) < 4.78 is 5.45. The second kappa shape index (κ2) is 5.61. The fourth-order valence-electron chi connectivity index (χ4n) is 3.39. The van der Waals surface area contributed by atoms with E-state index in [4.69, 9.17) is 4.52 Å². The van der Waals surface area contributed by atoms with Gasteiger partial charge in [0.25, 0.3) is 0 Å². The van der Waals surface area contributed by atoms with Crippen LogP contribution < -0.4 is 5.32 Å². The first-order chi connectivity index (χ1) is 9.28. The van der Waals surface area contributed by atoms with Gasteiger partial charge in [0.05, 0.1) is 0 Å². The zero-order valence-corrected chi connectivity index (χ0v) is 12.1. The fraction of sp³-hybridized carbons (Fsp3) is 0.867. The summed E-state index contributed by atoms with van der Waals surface area (Å²) in [5.41, 5.74) is 0. The molecule has 0 aromatic carbocycles. The number of rotatable bonds is 5. The molecule has 1 aromatic rings. The third kappa shape index (κ3) is 2.99. The Kier molecular flexibility index (Phi) is 3.87. The molecular weight excluding hydrogens is 238 g/mol. The molecule has 2 fully saturated rings. The van der Waals surface area contributed by atoms with Crippen LogP contribution in [0.25, 0.3) is 0 Å². The molecule has 0 aliphatic heterocycles. The van der Waals surface area contributed by atoms with Crippen LogP contribution in [0.4, 0.5) is 0 Å². The maximum absolute atomic E-state index is 5.45. The Balaban J connectivity index is 1.61. The van der Waals surface area contributed by atoms with Crippen LogP contribution in [-0.2, 0) is 6.42 Å². The van der Waals surface area contributed by atoms with E-state index in [1.54, 1.807) is 0 Å². The van der Waals surface area contributed by atoms with Gasteiger partial charge >= 0.3 is 0 Å².